The van der Waals surface area contributed by atoms with Gasteiger partial charge in [-0.15, -0.1) is 0 Å². The molecule has 1 unspecified atom stereocenters. The second kappa shape index (κ2) is 18.2. The minimum Gasteiger partial charge on any atom is -0.389 e. The maximum absolute atomic E-state index is 15.8. The Morgan fingerprint density at radius 2 is 1.61 bits per heavy atom. The number of hydrogen-bond donors (Lipinski definition) is 5. The van der Waals surface area contributed by atoms with E-state index in [1.54, 1.807) is 29.3 Å². The number of nitrogens with one attached hydrogen (secondary N) is 4. The quantitative estimate of drug-likeness (QED) is 0.0650. The summed E-state index contributed by atoms with van der Waals surface area (Å²) in [6.45, 7) is 2.11. The van der Waals surface area contributed by atoms with Crippen LogP contribution in [0.1, 0.15) is 54.4 Å². The number of fused-ring (bicyclic) bond motifs is 1. The Morgan fingerprint density at radius 3 is 2.30 bits per heavy atom. The molecule has 2 atom stereocenters. The lowest BCUT2D eigenvalue weighted by Crippen LogP contribution is -2.52. The minimum absolute atomic E-state index is 0.0157. The van der Waals surface area contributed by atoms with Crippen LogP contribution in [0.15, 0.2) is 73.1 Å². The number of hydrogen-bond acceptors (Lipinski definition) is 11. The fourth-order valence-corrected chi connectivity index (χ4v) is 10.4. The van der Waals surface area contributed by atoms with Crippen LogP contribution in [0.5, 0.6) is 0 Å². The number of carbonyl (C=O) groups excluding carboxylic acids is 4. The van der Waals surface area contributed by atoms with Gasteiger partial charge < -0.3 is 30.1 Å². The number of aromatic amines is 1. The number of alkyl halides is 1. The van der Waals surface area contributed by atoms with Crippen LogP contribution in [0, 0.1) is 17.5 Å². The highest BCUT2D eigenvalue weighted by Gasteiger charge is 2.38. The predicted molar refractivity (Wildman–Crippen MR) is 241 cm³/mol. The molecular formula is C46H47F4N9O7S. The molecule has 5 aromatic rings. The van der Waals surface area contributed by atoms with Crippen LogP contribution in [0.3, 0.4) is 0 Å². The maximum atomic E-state index is 15.8. The molecule has 9 rings (SSSR count). The third kappa shape index (κ3) is 9.52. The molecule has 0 saturated carbocycles. The van der Waals surface area contributed by atoms with Crippen LogP contribution in [0.2, 0.25) is 0 Å². The lowest BCUT2D eigenvalue weighted by molar-refractivity contribution is -0.138. The number of ketones is 1. The van der Waals surface area contributed by atoms with E-state index in [0.29, 0.717) is 62.6 Å². The molecule has 67 heavy (non-hydrogen) atoms. The van der Waals surface area contributed by atoms with Gasteiger partial charge in [0.25, 0.3) is 0 Å². The highest BCUT2D eigenvalue weighted by molar-refractivity contribution is 7.90. The van der Waals surface area contributed by atoms with Crippen molar-refractivity contribution in [1.82, 2.24) is 24.5 Å². The Morgan fingerprint density at radius 1 is 0.866 bits per heavy atom. The standard InChI is InChI=1S/C46H47F4N9O7S/c47-29-11-14-59(26-29)67(65,66)55-36-7-6-34(48)41(42(36)50)43(62)33-25-52-44-32(33)21-28(24-51-44)27-1-4-31(5-2-27)56-17-19-58(20-18-56)40(61)23-46(64)12-15-57(16-13-46)38-9-3-30(22-35(38)49)53-37-8-10-39(60)54-45(37)63/h1-7,9,21-22,24-25,29,37,53,55,64H,8,10-20,23,26H2,(H,51,52)(H,54,60,63)/t29-,37?/m1/s1. The van der Waals surface area contributed by atoms with Crippen molar-refractivity contribution in [3.05, 3.63) is 102 Å². The lowest BCUT2D eigenvalue weighted by atomic mass is 9.87. The fourth-order valence-electron chi connectivity index (χ4n) is 9.13. The average Bonchev–Trinajstić information content (AvgIpc) is 3.95. The minimum atomic E-state index is -4.38. The van der Waals surface area contributed by atoms with E-state index in [-0.39, 0.29) is 67.1 Å². The van der Waals surface area contributed by atoms with Crippen molar-refractivity contribution >= 4 is 67.5 Å². The Bertz CT molecular complexity index is 2870. The molecule has 0 radical (unpaired) electrons. The number of aromatic nitrogens is 2. The molecule has 21 heteroatoms. The molecule has 6 heterocycles. The molecule has 2 aromatic heterocycles. The van der Waals surface area contributed by atoms with Crippen molar-refractivity contribution in [3.63, 3.8) is 0 Å². The van der Waals surface area contributed by atoms with Crippen molar-refractivity contribution in [2.75, 3.05) is 72.2 Å². The summed E-state index contributed by atoms with van der Waals surface area (Å²) in [5, 5.41) is 17.0. The van der Waals surface area contributed by atoms with Crippen LogP contribution < -0.4 is 25.2 Å². The first-order valence-electron chi connectivity index (χ1n) is 22.0. The number of amides is 3. The number of anilines is 4. The zero-order valence-corrected chi connectivity index (χ0v) is 36.9. The van der Waals surface area contributed by atoms with Crippen molar-refractivity contribution < 1.29 is 50.3 Å². The highest BCUT2D eigenvalue weighted by Crippen LogP contribution is 2.34. The first-order chi connectivity index (χ1) is 32.0. The van der Waals surface area contributed by atoms with Gasteiger partial charge in [-0.3, -0.25) is 29.2 Å². The molecule has 4 aliphatic rings. The van der Waals surface area contributed by atoms with Gasteiger partial charge in [0.15, 0.2) is 5.82 Å². The third-order valence-electron chi connectivity index (χ3n) is 13.0. The maximum Gasteiger partial charge on any atom is 0.301 e. The summed E-state index contributed by atoms with van der Waals surface area (Å²) in [7, 11) is -4.38. The number of piperazine rings is 1. The number of halogens is 4. The van der Waals surface area contributed by atoms with Crippen LogP contribution >= 0.6 is 0 Å². The summed E-state index contributed by atoms with van der Waals surface area (Å²) in [5.74, 6) is -5.11. The summed E-state index contributed by atoms with van der Waals surface area (Å²) in [6, 6.07) is 14.8. The summed E-state index contributed by atoms with van der Waals surface area (Å²) in [5.41, 5.74) is 0.317. The largest absolute Gasteiger partial charge is 0.389 e. The number of nitrogens with zero attached hydrogens (tertiary/aromatic N) is 5. The second-order valence-corrected chi connectivity index (χ2v) is 19.1. The van der Waals surface area contributed by atoms with Gasteiger partial charge in [-0.05, 0) is 79.8 Å². The van der Waals surface area contributed by atoms with Gasteiger partial charge in [0.05, 0.1) is 29.0 Å². The van der Waals surface area contributed by atoms with Gasteiger partial charge in [-0.25, -0.2) is 22.5 Å². The average molecular weight is 946 g/mol. The van der Waals surface area contributed by atoms with Crippen molar-refractivity contribution in [3.8, 4) is 11.1 Å². The highest BCUT2D eigenvalue weighted by atomic mass is 32.2. The van der Waals surface area contributed by atoms with E-state index in [1.807, 2.05) is 33.9 Å². The topological polar surface area (TPSA) is 200 Å². The van der Waals surface area contributed by atoms with E-state index in [2.05, 4.69) is 25.5 Å². The Balaban J connectivity index is 0.786. The number of pyridine rings is 1. The number of piperidine rings is 2. The smallest absolute Gasteiger partial charge is 0.301 e. The molecular weight excluding hydrogens is 899 g/mol. The van der Waals surface area contributed by atoms with E-state index in [0.717, 1.165) is 27.7 Å². The van der Waals surface area contributed by atoms with Crippen molar-refractivity contribution in [2.45, 2.75) is 56.3 Å². The summed E-state index contributed by atoms with van der Waals surface area (Å²) >= 11 is 0. The van der Waals surface area contributed by atoms with E-state index >= 15 is 13.2 Å². The van der Waals surface area contributed by atoms with Gasteiger partial charge in [0, 0.05) is 99.1 Å². The molecule has 16 nitrogen and oxygen atoms in total. The molecule has 5 N–H and O–H groups in total. The Hall–Kier alpha value is -6.58. The normalized spacial score (nSPS) is 20.3. The van der Waals surface area contributed by atoms with Gasteiger partial charge in [-0.2, -0.15) is 12.7 Å². The second-order valence-electron chi connectivity index (χ2n) is 17.4. The van der Waals surface area contributed by atoms with Crippen LogP contribution in [0.25, 0.3) is 22.2 Å². The number of imide groups is 1. The molecule has 4 saturated heterocycles. The molecule has 4 aliphatic heterocycles. The van der Waals surface area contributed by atoms with E-state index < -0.39 is 75.0 Å². The zero-order valence-electron chi connectivity index (χ0n) is 36.0. The first kappa shape index (κ1) is 45.6. The number of H-pyrrole nitrogens is 1. The fraction of sp³-hybridized carbons (Fsp3) is 0.370. The van der Waals surface area contributed by atoms with E-state index in [9.17, 15) is 37.1 Å². The summed E-state index contributed by atoms with van der Waals surface area (Å²) in [4.78, 5) is 63.7. The lowest BCUT2D eigenvalue weighted by Gasteiger charge is -2.41. The first-order valence-corrected chi connectivity index (χ1v) is 23.4. The molecule has 0 aliphatic carbocycles. The number of rotatable bonds is 12. The number of aliphatic hydroxyl groups is 1. The summed E-state index contributed by atoms with van der Waals surface area (Å²) < 4.78 is 88.3. The Labute approximate surface area is 382 Å². The molecule has 0 spiro atoms. The zero-order chi connectivity index (χ0) is 47.2. The Kier molecular flexibility index (Phi) is 12.4. The molecule has 3 aromatic carbocycles. The monoisotopic (exact) mass is 945 g/mol. The van der Waals surface area contributed by atoms with Crippen molar-refractivity contribution in [1.29, 1.82) is 0 Å². The van der Waals surface area contributed by atoms with Gasteiger partial charge >= 0.3 is 10.2 Å². The molecule has 352 valence electrons. The van der Waals surface area contributed by atoms with Crippen LogP contribution in [-0.4, -0.2) is 126 Å². The van der Waals surface area contributed by atoms with Gasteiger partial charge in [-0.1, -0.05) is 12.1 Å². The predicted octanol–water partition coefficient (Wildman–Crippen LogP) is 4.87. The number of benzene rings is 3. The van der Waals surface area contributed by atoms with Gasteiger partial charge in [0.1, 0.15) is 29.5 Å². The van der Waals surface area contributed by atoms with Crippen LogP contribution in [0.4, 0.5) is 40.3 Å². The van der Waals surface area contributed by atoms with Crippen LogP contribution in [-0.2, 0) is 24.6 Å². The van der Waals surface area contributed by atoms with Crippen molar-refractivity contribution in [2.24, 2.45) is 0 Å². The third-order valence-corrected chi connectivity index (χ3v) is 14.5. The molecule has 3 amide bonds. The summed E-state index contributed by atoms with van der Waals surface area (Å²) in [6.07, 6.45) is 2.47. The SMILES string of the molecule is O=C1CCC(Nc2ccc(N3CCC(O)(CC(=O)N4CCN(c5ccc(-c6cnc7[nH]cc(C(=O)c8c(F)ccc(NS(=O)(=O)N9CC[C@@H](F)C9)c8F)c7c6)cc5)CC4)CC3)c(F)c2)C(=O)N1. The molecule has 4 fully saturated rings. The number of carbonyl (C=O) groups is 4. The van der Waals surface area contributed by atoms with E-state index in [4.69, 9.17) is 0 Å². The van der Waals surface area contributed by atoms with Gasteiger partial charge in [0.2, 0.25) is 23.5 Å². The van der Waals surface area contributed by atoms with E-state index in [1.165, 1.54) is 12.3 Å². The molecule has 0 bridgehead atoms.